The van der Waals surface area contributed by atoms with Gasteiger partial charge in [0.2, 0.25) is 0 Å². The molecule has 0 atom stereocenters. The summed E-state index contributed by atoms with van der Waals surface area (Å²) in [5.41, 5.74) is 1.11. The number of benzene rings is 2. The van der Waals surface area contributed by atoms with E-state index in [1.165, 1.54) is 20.3 Å². The van der Waals surface area contributed by atoms with Crippen LogP contribution in [0, 0.1) is 0 Å². The van der Waals surface area contributed by atoms with Crippen LogP contribution in [0.1, 0.15) is 5.56 Å². The second kappa shape index (κ2) is 8.66. The first-order valence-corrected chi connectivity index (χ1v) is 8.81. The van der Waals surface area contributed by atoms with E-state index < -0.39 is 17.9 Å². The molecule has 1 heterocycles. The Morgan fingerprint density at radius 1 is 1.10 bits per heavy atom. The van der Waals surface area contributed by atoms with Gasteiger partial charge in [0.1, 0.15) is 5.70 Å². The summed E-state index contributed by atoms with van der Waals surface area (Å²) in [6, 6.07) is 10.7. The van der Waals surface area contributed by atoms with Crippen LogP contribution in [-0.4, -0.2) is 38.7 Å². The first kappa shape index (κ1) is 20.2. The van der Waals surface area contributed by atoms with Crippen molar-refractivity contribution in [2.45, 2.75) is 0 Å². The van der Waals surface area contributed by atoms with E-state index in [4.69, 9.17) is 21.1 Å². The average Bonchev–Trinajstić information content (AvgIpc) is 3.00. The van der Waals surface area contributed by atoms with E-state index in [1.807, 2.05) is 0 Å². The molecule has 0 spiro atoms. The van der Waals surface area contributed by atoms with Crippen LogP contribution in [0.3, 0.4) is 0 Å². The van der Waals surface area contributed by atoms with Crippen molar-refractivity contribution in [1.82, 2.24) is 5.32 Å². The molecule has 29 heavy (non-hydrogen) atoms. The van der Waals surface area contributed by atoms with Crippen molar-refractivity contribution >= 4 is 41.3 Å². The molecule has 9 heteroatoms. The summed E-state index contributed by atoms with van der Waals surface area (Å²) in [5.74, 6) is -0.332. The molecule has 1 N–H and O–H groups in total. The topological polar surface area (TPSA) is 94.2 Å². The predicted molar refractivity (Wildman–Crippen MR) is 106 cm³/mol. The van der Waals surface area contributed by atoms with Crippen LogP contribution in [0.2, 0.25) is 5.02 Å². The van der Waals surface area contributed by atoms with Gasteiger partial charge in [-0.3, -0.25) is 4.79 Å². The van der Waals surface area contributed by atoms with Crippen LogP contribution >= 0.6 is 11.6 Å². The van der Waals surface area contributed by atoms with Gasteiger partial charge < -0.3 is 19.5 Å². The number of ether oxygens (including phenoxy) is 3. The zero-order chi connectivity index (χ0) is 21.0. The van der Waals surface area contributed by atoms with Crippen LogP contribution in [0.25, 0.3) is 6.08 Å². The fraction of sp³-hybridized carbons (Fsp3) is 0.150. The second-order valence-electron chi connectivity index (χ2n) is 5.88. The van der Waals surface area contributed by atoms with Gasteiger partial charge in [-0.05, 0) is 48.0 Å². The Labute approximate surface area is 171 Å². The van der Waals surface area contributed by atoms with Gasteiger partial charge in [0.15, 0.2) is 18.1 Å². The van der Waals surface area contributed by atoms with Crippen molar-refractivity contribution in [1.29, 1.82) is 0 Å². The number of carbonyl (C=O) groups is 3. The molecule has 1 aliphatic rings. The smallest absolute Gasteiger partial charge is 0.343 e. The van der Waals surface area contributed by atoms with E-state index in [0.717, 1.165) is 4.90 Å². The van der Waals surface area contributed by atoms with E-state index >= 15 is 0 Å². The maximum absolute atomic E-state index is 12.7. The minimum atomic E-state index is -0.562. The van der Waals surface area contributed by atoms with Crippen LogP contribution in [0.15, 0.2) is 48.2 Å². The number of nitrogens with zero attached hydrogens (tertiary/aromatic N) is 1. The normalized spacial score (nSPS) is 14.7. The Hall–Kier alpha value is -3.52. The number of amides is 3. The zero-order valence-electron chi connectivity index (χ0n) is 15.6. The van der Waals surface area contributed by atoms with E-state index in [-0.39, 0.29) is 12.3 Å². The molecule has 3 amide bonds. The van der Waals surface area contributed by atoms with Gasteiger partial charge in [0.05, 0.1) is 19.9 Å². The lowest BCUT2D eigenvalue weighted by molar-refractivity contribution is -0.142. The summed E-state index contributed by atoms with van der Waals surface area (Å²) >= 11 is 5.85. The Morgan fingerprint density at radius 3 is 2.48 bits per heavy atom. The molecule has 2 aromatic rings. The monoisotopic (exact) mass is 416 g/mol. The van der Waals surface area contributed by atoms with Gasteiger partial charge in [-0.2, -0.15) is 0 Å². The van der Waals surface area contributed by atoms with Crippen molar-refractivity contribution in [2.75, 3.05) is 25.7 Å². The number of hydrogen-bond acceptors (Lipinski definition) is 6. The first-order chi connectivity index (χ1) is 13.9. The molecule has 0 radical (unpaired) electrons. The Balaban J connectivity index is 1.82. The fourth-order valence-electron chi connectivity index (χ4n) is 2.62. The molecule has 1 fully saturated rings. The molecule has 8 nitrogen and oxygen atoms in total. The Kier molecular flexibility index (Phi) is 6.04. The van der Waals surface area contributed by atoms with Crippen LogP contribution in [0.5, 0.6) is 11.5 Å². The lowest BCUT2D eigenvalue weighted by Gasteiger charge is -2.11. The minimum absolute atomic E-state index is 0.107. The number of imide groups is 1. The summed E-state index contributed by atoms with van der Waals surface area (Å²) in [6.45, 7) is -0.266. The average molecular weight is 417 g/mol. The molecule has 0 unspecified atom stereocenters. The molecular formula is C20H17ClN2O6. The third kappa shape index (κ3) is 4.49. The van der Waals surface area contributed by atoms with Crippen LogP contribution < -0.4 is 19.7 Å². The summed E-state index contributed by atoms with van der Waals surface area (Å²) in [4.78, 5) is 37.2. The summed E-state index contributed by atoms with van der Waals surface area (Å²) in [5, 5.41) is 3.05. The van der Waals surface area contributed by atoms with Crippen molar-refractivity contribution < 1.29 is 28.6 Å². The number of urea groups is 1. The number of methoxy groups -OCH3 is 2. The highest BCUT2D eigenvalue weighted by Crippen LogP contribution is 2.30. The predicted octanol–water partition coefficient (Wildman–Crippen LogP) is 3.00. The number of hydrogen-bond donors (Lipinski definition) is 1. The summed E-state index contributed by atoms with van der Waals surface area (Å²) in [7, 11) is 2.71. The first-order valence-electron chi connectivity index (χ1n) is 8.43. The lowest BCUT2D eigenvalue weighted by Crippen LogP contribution is -2.30. The molecule has 2 aromatic carbocycles. The number of esters is 1. The Morgan fingerprint density at radius 2 is 1.83 bits per heavy atom. The molecule has 0 saturated carbocycles. The van der Waals surface area contributed by atoms with Gasteiger partial charge in [0, 0.05) is 5.02 Å². The molecule has 150 valence electrons. The van der Waals surface area contributed by atoms with E-state index in [9.17, 15) is 14.4 Å². The van der Waals surface area contributed by atoms with Gasteiger partial charge in [-0.1, -0.05) is 17.7 Å². The lowest BCUT2D eigenvalue weighted by atomic mass is 10.1. The molecule has 1 aliphatic heterocycles. The minimum Gasteiger partial charge on any atom is -0.493 e. The SMILES string of the molecule is COC(=O)COc1ccc(/C=C2/NC(=O)N(c3ccc(Cl)cc3)C2=O)cc1OC. The number of rotatable bonds is 6. The van der Waals surface area contributed by atoms with Gasteiger partial charge in [-0.25, -0.2) is 14.5 Å². The largest absolute Gasteiger partial charge is 0.493 e. The van der Waals surface area contributed by atoms with Gasteiger partial charge in [0.25, 0.3) is 5.91 Å². The van der Waals surface area contributed by atoms with E-state index in [1.54, 1.807) is 42.5 Å². The number of anilines is 1. The number of nitrogens with one attached hydrogen (secondary N) is 1. The molecule has 0 aliphatic carbocycles. The standard InChI is InChI=1S/C20H17ClN2O6/c1-27-17-10-12(3-8-16(17)29-11-18(24)28-2)9-15-19(25)23(20(26)22-15)14-6-4-13(21)5-7-14/h3-10H,11H2,1-2H3,(H,22,26)/b15-9+. The van der Waals surface area contributed by atoms with Gasteiger partial charge >= 0.3 is 12.0 Å². The molecule has 1 saturated heterocycles. The van der Waals surface area contributed by atoms with Crippen molar-refractivity contribution in [3.63, 3.8) is 0 Å². The second-order valence-corrected chi connectivity index (χ2v) is 6.32. The highest BCUT2D eigenvalue weighted by Gasteiger charge is 2.34. The third-order valence-electron chi connectivity index (χ3n) is 4.03. The van der Waals surface area contributed by atoms with E-state index in [2.05, 4.69) is 10.1 Å². The van der Waals surface area contributed by atoms with Crippen LogP contribution in [0.4, 0.5) is 10.5 Å². The summed E-state index contributed by atoms with van der Waals surface area (Å²) in [6.07, 6.45) is 1.52. The molecule has 0 aromatic heterocycles. The van der Waals surface area contributed by atoms with Crippen molar-refractivity contribution in [3.8, 4) is 11.5 Å². The Bertz CT molecular complexity index is 987. The van der Waals surface area contributed by atoms with Crippen molar-refractivity contribution in [3.05, 3.63) is 58.7 Å². The molecule has 0 bridgehead atoms. The zero-order valence-corrected chi connectivity index (χ0v) is 16.4. The van der Waals surface area contributed by atoms with E-state index in [0.29, 0.717) is 27.8 Å². The summed E-state index contributed by atoms with van der Waals surface area (Å²) < 4.78 is 15.1. The highest BCUT2D eigenvalue weighted by molar-refractivity contribution is 6.31. The van der Waals surface area contributed by atoms with Gasteiger partial charge in [-0.15, -0.1) is 0 Å². The van der Waals surface area contributed by atoms with Crippen molar-refractivity contribution in [2.24, 2.45) is 0 Å². The van der Waals surface area contributed by atoms with Crippen LogP contribution in [-0.2, 0) is 14.3 Å². The third-order valence-corrected chi connectivity index (χ3v) is 4.29. The maximum Gasteiger partial charge on any atom is 0.343 e. The number of halogens is 1. The highest BCUT2D eigenvalue weighted by atomic mass is 35.5. The maximum atomic E-state index is 12.7. The number of carbonyl (C=O) groups excluding carboxylic acids is 3. The fourth-order valence-corrected chi connectivity index (χ4v) is 2.74. The molecular weight excluding hydrogens is 400 g/mol. The quantitative estimate of drug-likeness (QED) is 0.442. The molecule has 3 rings (SSSR count).